The van der Waals surface area contributed by atoms with Crippen LogP contribution in [0, 0.1) is 11.8 Å². The first-order valence-corrected chi connectivity index (χ1v) is 6.79. The molecule has 0 spiro atoms. The molecule has 2 aliphatic rings. The molecule has 1 aliphatic heterocycles. The standard InChI is InChI=1S/C13H22F2N2O/c1-9-6-11(16)8-17(7-9)12(18)10-2-4-13(14,15)5-3-10/h9-11H,2-8,16H2,1H3. The lowest BCUT2D eigenvalue weighted by molar-refractivity contribution is -0.141. The van der Waals surface area contributed by atoms with Crippen molar-refractivity contribution in [2.24, 2.45) is 17.6 Å². The fourth-order valence-electron chi connectivity index (χ4n) is 3.12. The number of rotatable bonds is 1. The van der Waals surface area contributed by atoms with E-state index in [4.69, 9.17) is 5.73 Å². The molecule has 3 nitrogen and oxygen atoms in total. The molecule has 0 radical (unpaired) electrons. The molecule has 2 atom stereocenters. The molecule has 18 heavy (non-hydrogen) atoms. The number of alkyl halides is 2. The molecule has 1 amide bonds. The van der Waals surface area contributed by atoms with Crippen molar-refractivity contribution in [2.75, 3.05) is 13.1 Å². The molecule has 0 aromatic rings. The molecule has 1 saturated carbocycles. The minimum atomic E-state index is -2.57. The van der Waals surface area contributed by atoms with Gasteiger partial charge in [0.1, 0.15) is 0 Å². The summed E-state index contributed by atoms with van der Waals surface area (Å²) in [5.74, 6) is -2.35. The Morgan fingerprint density at radius 1 is 1.28 bits per heavy atom. The van der Waals surface area contributed by atoms with Gasteiger partial charge in [-0.05, 0) is 25.2 Å². The zero-order chi connectivity index (χ0) is 13.3. The van der Waals surface area contributed by atoms with Gasteiger partial charge in [-0.1, -0.05) is 6.92 Å². The van der Waals surface area contributed by atoms with E-state index in [-0.39, 0.29) is 30.7 Å². The van der Waals surface area contributed by atoms with Gasteiger partial charge in [-0.25, -0.2) is 8.78 Å². The van der Waals surface area contributed by atoms with Crippen molar-refractivity contribution in [1.82, 2.24) is 4.90 Å². The summed E-state index contributed by atoms with van der Waals surface area (Å²) in [6, 6.07) is 0.0303. The maximum Gasteiger partial charge on any atom is 0.248 e. The second-order valence-electron chi connectivity index (χ2n) is 5.97. The topological polar surface area (TPSA) is 46.3 Å². The Morgan fingerprint density at radius 3 is 2.44 bits per heavy atom. The van der Waals surface area contributed by atoms with Crippen LogP contribution in [0.25, 0.3) is 0 Å². The number of amides is 1. The van der Waals surface area contributed by atoms with Gasteiger partial charge in [-0.2, -0.15) is 0 Å². The highest BCUT2D eigenvalue weighted by Gasteiger charge is 2.39. The highest BCUT2D eigenvalue weighted by Crippen LogP contribution is 2.37. The largest absolute Gasteiger partial charge is 0.341 e. The van der Waals surface area contributed by atoms with Gasteiger partial charge in [0.15, 0.2) is 0 Å². The van der Waals surface area contributed by atoms with Gasteiger partial charge >= 0.3 is 0 Å². The molecule has 2 rings (SSSR count). The van der Waals surface area contributed by atoms with Crippen molar-refractivity contribution in [1.29, 1.82) is 0 Å². The zero-order valence-electron chi connectivity index (χ0n) is 10.9. The Bertz CT molecular complexity index is 302. The average Bonchev–Trinajstić information content (AvgIpc) is 2.27. The summed E-state index contributed by atoms with van der Waals surface area (Å²) in [6.45, 7) is 3.38. The maximum atomic E-state index is 13.1. The molecule has 0 aromatic heterocycles. The van der Waals surface area contributed by atoms with E-state index in [0.29, 0.717) is 25.3 Å². The second-order valence-corrected chi connectivity index (χ2v) is 5.97. The monoisotopic (exact) mass is 260 g/mol. The van der Waals surface area contributed by atoms with Crippen LogP contribution in [0.4, 0.5) is 8.78 Å². The van der Waals surface area contributed by atoms with E-state index in [2.05, 4.69) is 6.92 Å². The summed E-state index contributed by atoms with van der Waals surface area (Å²) in [6.07, 6.45) is 1.25. The molecule has 0 bridgehead atoms. The molecule has 2 fully saturated rings. The summed E-state index contributed by atoms with van der Waals surface area (Å²) in [5, 5.41) is 0. The van der Waals surface area contributed by atoms with E-state index in [1.165, 1.54) is 0 Å². The fourth-order valence-corrected chi connectivity index (χ4v) is 3.12. The number of nitrogens with zero attached hydrogens (tertiary/aromatic N) is 1. The number of piperidine rings is 1. The SMILES string of the molecule is CC1CC(N)CN(C(=O)C2CCC(F)(F)CC2)C1. The highest BCUT2D eigenvalue weighted by atomic mass is 19.3. The van der Waals surface area contributed by atoms with E-state index in [9.17, 15) is 13.6 Å². The third-order valence-electron chi connectivity index (χ3n) is 4.07. The predicted octanol–water partition coefficient (Wildman–Crippen LogP) is 2.01. The zero-order valence-corrected chi connectivity index (χ0v) is 10.9. The van der Waals surface area contributed by atoms with E-state index < -0.39 is 5.92 Å². The second kappa shape index (κ2) is 5.11. The molecule has 5 heteroatoms. The third-order valence-corrected chi connectivity index (χ3v) is 4.07. The van der Waals surface area contributed by atoms with E-state index in [0.717, 1.165) is 13.0 Å². The summed E-state index contributed by atoms with van der Waals surface area (Å²) < 4.78 is 26.1. The van der Waals surface area contributed by atoms with Gasteiger partial charge in [0, 0.05) is 37.9 Å². The number of nitrogens with two attached hydrogens (primary N) is 1. The van der Waals surface area contributed by atoms with Crippen LogP contribution in [-0.2, 0) is 4.79 Å². The molecule has 1 saturated heterocycles. The van der Waals surface area contributed by atoms with Crippen LogP contribution in [0.5, 0.6) is 0 Å². The Balaban J connectivity index is 1.91. The van der Waals surface area contributed by atoms with Crippen LogP contribution in [0.2, 0.25) is 0 Å². The van der Waals surface area contributed by atoms with E-state index in [1.54, 1.807) is 4.90 Å². The van der Waals surface area contributed by atoms with E-state index >= 15 is 0 Å². The van der Waals surface area contributed by atoms with E-state index in [1.807, 2.05) is 0 Å². The molecular formula is C13H22F2N2O. The molecule has 1 heterocycles. The number of halogens is 2. The first kappa shape index (κ1) is 13.7. The molecular weight excluding hydrogens is 238 g/mol. The molecule has 104 valence electrons. The van der Waals surface area contributed by atoms with Crippen LogP contribution >= 0.6 is 0 Å². The van der Waals surface area contributed by atoms with Gasteiger partial charge < -0.3 is 10.6 Å². The number of hydrogen-bond acceptors (Lipinski definition) is 2. The number of carbonyl (C=O) groups is 1. The summed E-state index contributed by atoms with van der Waals surface area (Å²) in [5.41, 5.74) is 5.91. The minimum Gasteiger partial charge on any atom is -0.341 e. The van der Waals surface area contributed by atoms with Crippen molar-refractivity contribution in [3.8, 4) is 0 Å². The summed E-state index contributed by atoms with van der Waals surface area (Å²) in [7, 11) is 0. The highest BCUT2D eigenvalue weighted by molar-refractivity contribution is 5.79. The minimum absolute atomic E-state index is 0.0303. The normalized spacial score (nSPS) is 33.4. The lowest BCUT2D eigenvalue weighted by Gasteiger charge is -2.38. The van der Waals surface area contributed by atoms with Crippen molar-refractivity contribution in [2.45, 2.75) is 51.0 Å². The Kier molecular flexibility index (Phi) is 3.90. The molecule has 2 unspecified atom stereocenters. The Labute approximate surface area is 107 Å². The van der Waals surface area contributed by atoms with Crippen LogP contribution in [0.1, 0.15) is 39.0 Å². The quantitative estimate of drug-likeness (QED) is 0.784. The van der Waals surface area contributed by atoms with Crippen LogP contribution in [0.15, 0.2) is 0 Å². The van der Waals surface area contributed by atoms with Crippen molar-refractivity contribution < 1.29 is 13.6 Å². The molecule has 1 aliphatic carbocycles. The lowest BCUT2D eigenvalue weighted by atomic mass is 9.85. The third kappa shape index (κ3) is 3.19. The number of carbonyl (C=O) groups excluding carboxylic acids is 1. The van der Waals surface area contributed by atoms with Gasteiger partial charge in [-0.3, -0.25) is 4.79 Å². The van der Waals surface area contributed by atoms with Gasteiger partial charge in [0.05, 0.1) is 0 Å². The molecule has 0 aromatic carbocycles. The van der Waals surface area contributed by atoms with Crippen LogP contribution in [-0.4, -0.2) is 35.9 Å². The first-order chi connectivity index (χ1) is 8.37. The predicted molar refractivity (Wildman–Crippen MR) is 65.2 cm³/mol. The Hall–Kier alpha value is -0.710. The van der Waals surface area contributed by atoms with Crippen molar-refractivity contribution in [3.05, 3.63) is 0 Å². The van der Waals surface area contributed by atoms with Crippen LogP contribution < -0.4 is 5.73 Å². The average molecular weight is 260 g/mol. The lowest BCUT2D eigenvalue weighted by Crippen LogP contribution is -2.51. The van der Waals surface area contributed by atoms with Gasteiger partial charge in [-0.15, -0.1) is 0 Å². The number of likely N-dealkylation sites (tertiary alicyclic amines) is 1. The Morgan fingerprint density at radius 2 is 1.89 bits per heavy atom. The fraction of sp³-hybridized carbons (Fsp3) is 0.923. The molecule has 2 N–H and O–H groups in total. The van der Waals surface area contributed by atoms with Gasteiger partial charge in [0.25, 0.3) is 0 Å². The van der Waals surface area contributed by atoms with Crippen molar-refractivity contribution >= 4 is 5.91 Å². The maximum absolute atomic E-state index is 13.1. The first-order valence-electron chi connectivity index (χ1n) is 6.79. The van der Waals surface area contributed by atoms with Crippen molar-refractivity contribution in [3.63, 3.8) is 0 Å². The van der Waals surface area contributed by atoms with Gasteiger partial charge in [0.2, 0.25) is 11.8 Å². The summed E-state index contributed by atoms with van der Waals surface area (Å²) in [4.78, 5) is 14.1. The number of hydrogen-bond donors (Lipinski definition) is 1. The smallest absolute Gasteiger partial charge is 0.248 e. The van der Waals surface area contributed by atoms with Crippen LogP contribution in [0.3, 0.4) is 0 Å². The summed E-state index contributed by atoms with van der Waals surface area (Å²) >= 11 is 0.